The van der Waals surface area contributed by atoms with E-state index in [1.165, 1.54) is 16.7 Å². The van der Waals surface area contributed by atoms with Gasteiger partial charge in [-0.3, -0.25) is 14.5 Å². The van der Waals surface area contributed by atoms with Crippen LogP contribution in [0.5, 0.6) is 0 Å². The second kappa shape index (κ2) is 9.62. The molecule has 158 valence electrons. The van der Waals surface area contributed by atoms with Crippen molar-refractivity contribution < 1.29 is 9.59 Å². The number of anilines is 1. The van der Waals surface area contributed by atoms with Gasteiger partial charge in [-0.1, -0.05) is 95.6 Å². The number of benzene rings is 3. The summed E-state index contributed by atoms with van der Waals surface area (Å²) >= 11 is 13.7. The topological polar surface area (TPSA) is 61.2 Å². The zero-order valence-corrected chi connectivity index (χ0v) is 19.0. The Balaban J connectivity index is 1.79. The molecule has 7 heteroatoms. The third-order valence-electron chi connectivity index (χ3n) is 4.99. The first kappa shape index (κ1) is 22.2. The van der Waals surface area contributed by atoms with Gasteiger partial charge in [-0.25, -0.2) is 0 Å². The number of hydrogen-bond donors (Lipinski definition) is 0. The van der Waals surface area contributed by atoms with Crippen LogP contribution in [0.1, 0.15) is 15.9 Å². The van der Waals surface area contributed by atoms with Gasteiger partial charge >= 0.3 is 0 Å². The Morgan fingerprint density at radius 3 is 2.28 bits per heavy atom. The van der Waals surface area contributed by atoms with Crippen LogP contribution in [-0.2, 0) is 11.2 Å². The summed E-state index contributed by atoms with van der Waals surface area (Å²) < 4.78 is 0. The molecule has 1 aliphatic rings. The molecule has 0 N–H and O–H groups in total. The van der Waals surface area contributed by atoms with Gasteiger partial charge in [0.2, 0.25) is 11.7 Å². The van der Waals surface area contributed by atoms with Crippen LogP contribution in [0.25, 0.3) is 0 Å². The summed E-state index contributed by atoms with van der Waals surface area (Å²) in [4.78, 5) is 28.1. The van der Waals surface area contributed by atoms with E-state index in [1.54, 1.807) is 66.7 Å². The molecular weight excluding hydrogens is 463 g/mol. The lowest BCUT2D eigenvalue weighted by Gasteiger charge is -2.18. The van der Waals surface area contributed by atoms with E-state index in [0.29, 0.717) is 32.7 Å². The molecule has 4 rings (SSSR count). The first-order valence-electron chi connectivity index (χ1n) is 9.74. The van der Waals surface area contributed by atoms with Crippen LogP contribution in [-0.4, -0.2) is 16.9 Å². The van der Waals surface area contributed by atoms with Crippen LogP contribution in [0.15, 0.2) is 89.5 Å². The Bertz CT molecular complexity index is 1250. The molecule has 1 saturated heterocycles. The number of thioether (sulfide) groups is 1. The van der Waals surface area contributed by atoms with Crippen molar-refractivity contribution in [3.63, 3.8) is 0 Å². The number of carbonyl (C=O) groups is 2. The average molecular weight is 479 g/mol. The summed E-state index contributed by atoms with van der Waals surface area (Å²) in [7, 11) is 0. The highest BCUT2D eigenvalue weighted by molar-refractivity contribution is 8.05. The number of rotatable bonds is 5. The largest absolute Gasteiger partial charge is 0.288 e. The molecule has 3 aromatic carbocycles. The van der Waals surface area contributed by atoms with E-state index in [2.05, 4.69) is 0 Å². The van der Waals surface area contributed by atoms with E-state index in [4.69, 9.17) is 23.2 Å². The summed E-state index contributed by atoms with van der Waals surface area (Å²) in [6, 6.07) is 24.9. The predicted molar refractivity (Wildman–Crippen MR) is 129 cm³/mol. The van der Waals surface area contributed by atoms with Crippen LogP contribution in [0.2, 0.25) is 10.0 Å². The Morgan fingerprint density at radius 1 is 0.969 bits per heavy atom. The number of halogens is 2. The molecule has 0 radical (unpaired) electrons. The Hall–Kier alpha value is -3.04. The highest BCUT2D eigenvalue weighted by Crippen LogP contribution is 2.43. The third-order valence-corrected chi connectivity index (χ3v) is 7.11. The molecule has 3 aromatic rings. The van der Waals surface area contributed by atoms with Gasteiger partial charge in [-0.2, -0.15) is 5.26 Å². The van der Waals surface area contributed by atoms with Crippen LogP contribution >= 0.6 is 35.0 Å². The Kier molecular flexibility index (Phi) is 6.66. The van der Waals surface area contributed by atoms with Gasteiger partial charge < -0.3 is 0 Å². The lowest BCUT2D eigenvalue weighted by atomic mass is 10.0. The molecular formula is C25H16Cl2N2O2S. The number of nitrogens with zero attached hydrogens (tertiary/aromatic N) is 2. The predicted octanol–water partition coefficient (Wildman–Crippen LogP) is 6.30. The van der Waals surface area contributed by atoms with E-state index in [9.17, 15) is 14.9 Å². The van der Waals surface area contributed by atoms with Crippen molar-refractivity contribution in [2.75, 3.05) is 4.90 Å². The number of nitriles is 1. The maximum atomic E-state index is 13.5. The number of hydrogen-bond acceptors (Lipinski definition) is 4. The fourth-order valence-corrected chi connectivity index (χ4v) is 5.13. The van der Waals surface area contributed by atoms with Gasteiger partial charge in [0.1, 0.15) is 16.7 Å². The molecule has 0 aromatic heterocycles. The molecule has 32 heavy (non-hydrogen) atoms. The van der Waals surface area contributed by atoms with Crippen molar-refractivity contribution in [1.29, 1.82) is 5.26 Å². The SMILES string of the molecule is N#C/C(C(=O)c1ccccc1)=C1/SC(Cc2cccc(Cl)c2Cl)C(=O)N1c1ccccc1. The number of amides is 1. The summed E-state index contributed by atoms with van der Waals surface area (Å²) in [5.74, 6) is -0.647. The van der Waals surface area contributed by atoms with Crippen LogP contribution in [0.4, 0.5) is 5.69 Å². The van der Waals surface area contributed by atoms with Crippen LogP contribution < -0.4 is 4.90 Å². The van der Waals surface area contributed by atoms with Gasteiger partial charge in [0.15, 0.2) is 0 Å². The minimum atomic E-state index is -0.562. The fraction of sp³-hybridized carbons (Fsp3) is 0.0800. The maximum absolute atomic E-state index is 13.5. The van der Waals surface area contributed by atoms with E-state index in [1.807, 2.05) is 18.2 Å². The van der Waals surface area contributed by atoms with Crippen molar-refractivity contribution in [2.24, 2.45) is 0 Å². The minimum Gasteiger partial charge on any atom is -0.288 e. The van der Waals surface area contributed by atoms with Gasteiger partial charge in [-0.05, 0) is 30.2 Å². The summed E-state index contributed by atoms with van der Waals surface area (Å²) in [6.07, 6.45) is 0.313. The molecule has 1 heterocycles. The quantitative estimate of drug-likeness (QED) is 0.245. The van der Waals surface area contributed by atoms with E-state index in [-0.39, 0.29) is 11.5 Å². The molecule has 0 spiro atoms. The summed E-state index contributed by atoms with van der Waals surface area (Å²) in [6.45, 7) is 0. The smallest absolute Gasteiger partial charge is 0.245 e. The zero-order chi connectivity index (χ0) is 22.7. The lowest BCUT2D eigenvalue weighted by molar-refractivity contribution is -0.117. The average Bonchev–Trinajstić information content (AvgIpc) is 3.14. The number of para-hydroxylation sites is 1. The Morgan fingerprint density at radius 2 is 1.62 bits per heavy atom. The highest BCUT2D eigenvalue weighted by Gasteiger charge is 2.41. The Labute approximate surface area is 200 Å². The van der Waals surface area contributed by atoms with Gasteiger partial charge in [0, 0.05) is 11.3 Å². The van der Waals surface area contributed by atoms with Gasteiger partial charge in [0.25, 0.3) is 0 Å². The van der Waals surface area contributed by atoms with Crippen molar-refractivity contribution in [3.8, 4) is 6.07 Å². The first-order chi connectivity index (χ1) is 15.5. The van der Waals surface area contributed by atoms with Crippen molar-refractivity contribution in [1.82, 2.24) is 0 Å². The molecule has 4 nitrogen and oxygen atoms in total. The minimum absolute atomic E-state index is 0.0712. The first-order valence-corrected chi connectivity index (χ1v) is 11.4. The maximum Gasteiger partial charge on any atom is 0.245 e. The number of carbonyl (C=O) groups excluding carboxylic acids is 2. The molecule has 1 fully saturated rings. The zero-order valence-electron chi connectivity index (χ0n) is 16.7. The lowest BCUT2D eigenvalue weighted by Crippen LogP contribution is -2.30. The van der Waals surface area contributed by atoms with Crippen LogP contribution in [0.3, 0.4) is 0 Å². The molecule has 0 saturated carbocycles. The van der Waals surface area contributed by atoms with E-state index < -0.39 is 11.0 Å². The number of Topliss-reactive ketones (excluding diaryl/α,β-unsaturated/α-hetero) is 1. The second-order valence-corrected chi connectivity index (χ2v) is 9.00. The molecule has 0 bridgehead atoms. The number of ketones is 1. The van der Waals surface area contributed by atoms with Crippen molar-refractivity contribution in [3.05, 3.63) is 111 Å². The normalized spacial score (nSPS) is 17.2. The van der Waals surface area contributed by atoms with E-state index in [0.717, 1.165) is 5.56 Å². The molecule has 0 aliphatic carbocycles. The fourth-order valence-electron chi connectivity index (χ4n) is 3.44. The molecule has 1 unspecified atom stereocenters. The monoisotopic (exact) mass is 478 g/mol. The van der Waals surface area contributed by atoms with Gasteiger partial charge in [0.05, 0.1) is 15.3 Å². The summed E-state index contributed by atoms with van der Waals surface area (Å²) in [5, 5.41) is 10.5. The van der Waals surface area contributed by atoms with Crippen molar-refractivity contribution in [2.45, 2.75) is 11.7 Å². The van der Waals surface area contributed by atoms with E-state index >= 15 is 0 Å². The number of allylic oxidation sites excluding steroid dienone is 1. The third kappa shape index (κ3) is 4.31. The molecule has 1 amide bonds. The molecule has 1 aliphatic heterocycles. The summed E-state index contributed by atoms with van der Waals surface area (Å²) in [5.41, 5.74) is 1.64. The molecule has 1 atom stereocenters. The second-order valence-electron chi connectivity index (χ2n) is 7.02. The van der Waals surface area contributed by atoms with Gasteiger partial charge in [-0.15, -0.1) is 0 Å². The standard InChI is InChI=1S/C25H16Cl2N2O2S/c26-20-13-7-10-17(22(20)27)14-21-24(31)29(18-11-5-2-6-12-18)25(32-21)19(15-28)23(30)16-8-3-1-4-9-16/h1-13,21H,14H2/b25-19-. The van der Waals surface area contributed by atoms with Crippen LogP contribution in [0, 0.1) is 11.3 Å². The van der Waals surface area contributed by atoms with Crippen molar-refractivity contribution >= 4 is 52.3 Å². The highest BCUT2D eigenvalue weighted by atomic mass is 35.5.